The van der Waals surface area contributed by atoms with Crippen molar-refractivity contribution in [2.75, 3.05) is 20.8 Å². The summed E-state index contributed by atoms with van der Waals surface area (Å²) < 4.78 is 11.1. The highest BCUT2D eigenvalue weighted by atomic mass is 16.5. The average molecular weight is 324 g/mol. The predicted octanol–water partition coefficient (Wildman–Crippen LogP) is 2.66. The summed E-state index contributed by atoms with van der Waals surface area (Å²) in [6, 6.07) is 7.90. The molecule has 0 fully saturated rings. The second kappa shape index (κ2) is 7.14. The molecular formula is C18H20N4O2. The number of hydrogen-bond acceptors (Lipinski definition) is 5. The molecule has 3 rings (SSSR count). The maximum absolute atomic E-state index is 5.71. The summed E-state index contributed by atoms with van der Waals surface area (Å²) >= 11 is 0. The molecule has 0 radical (unpaired) electrons. The molecule has 0 amide bonds. The number of pyridine rings is 1. The summed E-state index contributed by atoms with van der Waals surface area (Å²) in [5.41, 5.74) is 10.5. The molecule has 0 aliphatic carbocycles. The number of hydrogen-bond donors (Lipinski definition) is 2. The first kappa shape index (κ1) is 16.0. The largest absolute Gasteiger partial charge is 0.493 e. The Bertz CT molecular complexity index is 815. The third-order valence-electron chi connectivity index (χ3n) is 3.85. The zero-order valence-electron chi connectivity index (χ0n) is 13.7. The highest BCUT2D eigenvalue weighted by Crippen LogP contribution is 2.42. The van der Waals surface area contributed by atoms with Crippen molar-refractivity contribution >= 4 is 0 Å². The molecule has 2 heterocycles. The van der Waals surface area contributed by atoms with Crippen LogP contribution < -0.4 is 15.2 Å². The first-order valence-corrected chi connectivity index (χ1v) is 7.67. The highest BCUT2D eigenvalue weighted by Gasteiger charge is 2.18. The van der Waals surface area contributed by atoms with Crippen LogP contribution >= 0.6 is 0 Å². The predicted molar refractivity (Wildman–Crippen MR) is 93.1 cm³/mol. The zero-order valence-corrected chi connectivity index (χ0v) is 13.7. The van der Waals surface area contributed by atoms with Gasteiger partial charge in [0.2, 0.25) is 0 Å². The molecule has 1 aromatic carbocycles. The van der Waals surface area contributed by atoms with Crippen molar-refractivity contribution in [1.29, 1.82) is 0 Å². The number of H-pyrrole nitrogens is 1. The van der Waals surface area contributed by atoms with Crippen LogP contribution in [0.4, 0.5) is 0 Å². The summed E-state index contributed by atoms with van der Waals surface area (Å²) in [7, 11) is 3.26. The van der Waals surface area contributed by atoms with E-state index >= 15 is 0 Å². The minimum absolute atomic E-state index is 0.565. The highest BCUT2D eigenvalue weighted by molar-refractivity contribution is 5.85. The fourth-order valence-electron chi connectivity index (χ4n) is 2.75. The third-order valence-corrected chi connectivity index (χ3v) is 3.85. The maximum Gasteiger partial charge on any atom is 0.168 e. The third kappa shape index (κ3) is 2.96. The van der Waals surface area contributed by atoms with Crippen molar-refractivity contribution in [2.45, 2.75) is 6.42 Å². The van der Waals surface area contributed by atoms with Gasteiger partial charge in [0, 0.05) is 29.1 Å². The number of aromatic amines is 1. The number of nitrogens with one attached hydrogen (secondary N) is 1. The molecular weight excluding hydrogens is 304 g/mol. The van der Waals surface area contributed by atoms with E-state index in [1.807, 2.05) is 18.2 Å². The van der Waals surface area contributed by atoms with Gasteiger partial charge in [-0.2, -0.15) is 5.10 Å². The molecule has 24 heavy (non-hydrogen) atoms. The Morgan fingerprint density at radius 1 is 1.12 bits per heavy atom. The van der Waals surface area contributed by atoms with Crippen LogP contribution in [0.15, 0.2) is 42.9 Å². The van der Waals surface area contributed by atoms with Gasteiger partial charge in [0.1, 0.15) is 0 Å². The quantitative estimate of drug-likeness (QED) is 0.728. The first-order valence-electron chi connectivity index (χ1n) is 7.67. The molecule has 0 unspecified atom stereocenters. The van der Waals surface area contributed by atoms with Crippen LogP contribution in [0.25, 0.3) is 22.4 Å². The minimum Gasteiger partial charge on any atom is -0.493 e. The summed E-state index contributed by atoms with van der Waals surface area (Å²) in [5, 5.41) is 7.26. The van der Waals surface area contributed by atoms with Crippen molar-refractivity contribution in [3.63, 3.8) is 0 Å². The SMILES string of the molecule is COc1cc(CCN)cc(-c2cn[nH]c2-c2cccnc2)c1OC. The van der Waals surface area contributed by atoms with Crippen molar-refractivity contribution in [2.24, 2.45) is 5.73 Å². The Hall–Kier alpha value is -2.86. The zero-order chi connectivity index (χ0) is 16.9. The van der Waals surface area contributed by atoms with Gasteiger partial charge in [-0.1, -0.05) is 0 Å². The van der Waals surface area contributed by atoms with Gasteiger partial charge in [0.15, 0.2) is 11.5 Å². The number of methoxy groups -OCH3 is 2. The number of rotatable bonds is 6. The molecule has 0 atom stereocenters. The Balaban J connectivity index is 2.19. The molecule has 0 saturated heterocycles. The van der Waals surface area contributed by atoms with Crippen LogP contribution in [0.5, 0.6) is 11.5 Å². The summed E-state index contributed by atoms with van der Waals surface area (Å²) in [5.74, 6) is 1.35. The van der Waals surface area contributed by atoms with E-state index in [2.05, 4.69) is 21.2 Å². The van der Waals surface area contributed by atoms with Crippen LogP contribution in [0.1, 0.15) is 5.56 Å². The van der Waals surface area contributed by atoms with E-state index in [0.717, 1.165) is 34.4 Å². The van der Waals surface area contributed by atoms with E-state index in [1.165, 1.54) is 0 Å². The molecule has 6 heteroatoms. The van der Waals surface area contributed by atoms with Crippen LogP contribution in [-0.2, 0) is 6.42 Å². The van der Waals surface area contributed by atoms with Crippen molar-refractivity contribution in [3.05, 3.63) is 48.4 Å². The van der Waals surface area contributed by atoms with Gasteiger partial charge in [-0.25, -0.2) is 0 Å². The van der Waals surface area contributed by atoms with Gasteiger partial charge in [-0.05, 0) is 42.8 Å². The molecule has 0 saturated carbocycles. The molecule has 6 nitrogen and oxygen atoms in total. The van der Waals surface area contributed by atoms with Crippen molar-refractivity contribution in [1.82, 2.24) is 15.2 Å². The number of ether oxygens (including phenoxy) is 2. The van der Waals surface area contributed by atoms with Crippen molar-refractivity contribution < 1.29 is 9.47 Å². The van der Waals surface area contributed by atoms with Crippen LogP contribution in [0.2, 0.25) is 0 Å². The van der Waals surface area contributed by atoms with Gasteiger partial charge >= 0.3 is 0 Å². The molecule has 0 aliphatic heterocycles. The van der Waals surface area contributed by atoms with Crippen LogP contribution in [0.3, 0.4) is 0 Å². The lowest BCUT2D eigenvalue weighted by molar-refractivity contribution is 0.356. The van der Waals surface area contributed by atoms with Gasteiger partial charge in [-0.15, -0.1) is 0 Å². The van der Waals surface area contributed by atoms with E-state index in [1.54, 1.807) is 32.8 Å². The van der Waals surface area contributed by atoms with E-state index in [9.17, 15) is 0 Å². The Morgan fingerprint density at radius 3 is 2.67 bits per heavy atom. The Morgan fingerprint density at radius 2 is 2.00 bits per heavy atom. The second-order valence-corrected chi connectivity index (χ2v) is 5.32. The maximum atomic E-state index is 5.71. The Kier molecular flexibility index (Phi) is 4.77. The average Bonchev–Trinajstić information content (AvgIpc) is 3.11. The molecule has 124 valence electrons. The fourth-order valence-corrected chi connectivity index (χ4v) is 2.75. The number of aromatic nitrogens is 3. The van der Waals surface area contributed by atoms with Gasteiger partial charge < -0.3 is 15.2 Å². The molecule has 2 aromatic heterocycles. The number of benzene rings is 1. The standard InChI is InChI=1S/C18H20N4O2/c1-23-16-9-12(5-6-19)8-14(18(16)24-2)15-11-21-22-17(15)13-4-3-7-20-10-13/h3-4,7-11H,5-6,19H2,1-2H3,(H,21,22). The van der Waals surface area contributed by atoms with E-state index < -0.39 is 0 Å². The normalized spacial score (nSPS) is 10.6. The molecule has 3 N–H and O–H groups in total. The number of nitrogens with zero attached hydrogens (tertiary/aromatic N) is 2. The van der Waals surface area contributed by atoms with Gasteiger partial charge in [0.05, 0.1) is 26.1 Å². The monoisotopic (exact) mass is 324 g/mol. The smallest absolute Gasteiger partial charge is 0.168 e. The molecule has 3 aromatic rings. The number of nitrogens with two attached hydrogens (primary N) is 1. The van der Waals surface area contributed by atoms with E-state index in [4.69, 9.17) is 15.2 Å². The molecule has 0 spiro atoms. The first-order chi connectivity index (χ1) is 11.8. The lowest BCUT2D eigenvalue weighted by Crippen LogP contribution is -2.04. The Labute approximate surface area is 140 Å². The second-order valence-electron chi connectivity index (χ2n) is 5.32. The summed E-state index contributed by atoms with van der Waals surface area (Å²) in [6.45, 7) is 0.565. The molecule has 0 aliphatic rings. The molecule has 0 bridgehead atoms. The lowest BCUT2D eigenvalue weighted by atomic mass is 9.98. The summed E-state index contributed by atoms with van der Waals surface area (Å²) in [6.07, 6.45) is 6.08. The van der Waals surface area contributed by atoms with Gasteiger partial charge in [-0.3, -0.25) is 10.1 Å². The fraction of sp³-hybridized carbons (Fsp3) is 0.222. The van der Waals surface area contributed by atoms with Gasteiger partial charge in [0.25, 0.3) is 0 Å². The lowest BCUT2D eigenvalue weighted by Gasteiger charge is -2.15. The van der Waals surface area contributed by atoms with Crippen molar-refractivity contribution in [3.8, 4) is 33.9 Å². The summed E-state index contributed by atoms with van der Waals surface area (Å²) in [4.78, 5) is 4.18. The van der Waals surface area contributed by atoms with Crippen LogP contribution in [-0.4, -0.2) is 35.9 Å². The minimum atomic E-state index is 0.565. The van der Waals surface area contributed by atoms with Crippen LogP contribution in [0, 0.1) is 0 Å². The topological polar surface area (TPSA) is 86.0 Å². The van der Waals surface area contributed by atoms with E-state index in [0.29, 0.717) is 18.0 Å². The van der Waals surface area contributed by atoms with E-state index in [-0.39, 0.29) is 0 Å².